The van der Waals surface area contributed by atoms with Crippen molar-refractivity contribution in [2.24, 2.45) is 0 Å². The van der Waals surface area contributed by atoms with E-state index in [0.29, 0.717) is 16.7 Å². The second kappa shape index (κ2) is 8.31. The number of methoxy groups -OCH3 is 2. The molecule has 0 unspecified atom stereocenters. The van der Waals surface area contributed by atoms with Crippen LogP contribution in [0.4, 0.5) is 0 Å². The van der Waals surface area contributed by atoms with Gasteiger partial charge in [-0.2, -0.15) is 0 Å². The fourth-order valence-electron chi connectivity index (χ4n) is 2.49. The van der Waals surface area contributed by atoms with Crippen molar-refractivity contribution < 1.29 is 47.4 Å². The van der Waals surface area contributed by atoms with Gasteiger partial charge in [0, 0.05) is 22.5 Å². The van der Waals surface area contributed by atoms with E-state index < -0.39 is 17.8 Å². The van der Waals surface area contributed by atoms with Crippen LogP contribution < -0.4 is 44.0 Å². The first-order chi connectivity index (χ1) is 12.7. The second-order valence-corrected chi connectivity index (χ2v) is 6.64. The van der Waals surface area contributed by atoms with Crippen molar-refractivity contribution in [1.82, 2.24) is 15.0 Å². The minimum absolute atomic E-state index is 0. The van der Waals surface area contributed by atoms with Gasteiger partial charge in [0.15, 0.2) is 0 Å². The quantitative estimate of drug-likeness (QED) is 0.566. The van der Waals surface area contributed by atoms with E-state index in [1.807, 2.05) is 13.8 Å². The fourth-order valence-corrected chi connectivity index (χ4v) is 3.56. The van der Waals surface area contributed by atoms with Crippen LogP contribution in [0.25, 0.3) is 11.0 Å². The summed E-state index contributed by atoms with van der Waals surface area (Å²) < 4.78 is 44.4. The molecule has 6 nitrogen and oxygen atoms in total. The van der Waals surface area contributed by atoms with Gasteiger partial charge in [-0.15, -0.1) is 0 Å². The van der Waals surface area contributed by atoms with Gasteiger partial charge >= 0.3 is 29.6 Å². The molecule has 1 atom stereocenters. The van der Waals surface area contributed by atoms with Gasteiger partial charge in [0.1, 0.15) is 11.5 Å². The van der Waals surface area contributed by atoms with Crippen molar-refractivity contribution in [1.29, 1.82) is 0 Å². The number of rotatable bonds is 5. The van der Waals surface area contributed by atoms with E-state index in [9.17, 15) is 4.21 Å². The zero-order chi connectivity index (χ0) is 19.8. The van der Waals surface area contributed by atoms with Crippen molar-refractivity contribution in [3.05, 3.63) is 41.2 Å². The molecule has 0 saturated heterocycles. The standard InChI is InChI=1S/C17H18N3O3S.Na/c1-10-8-18-15(11(2)16(10)23-4)9-24(21)17-19-13-6-5-12(22-3)7-14(13)20-17;/h5-8H,9H2,1-4H3;/q-1;+1/t24-;/m1./s1/i3D3;. The Kier molecular flexibility index (Phi) is 5.26. The molecule has 0 spiro atoms. The normalized spacial score (nSPS) is 14.1. The minimum Gasteiger partial charge on any atom is -0.497 e. The van der Waals surface area contributed by atoms with Gasteiger partial charge in [0.2, 0.25) is 0 Å². The van der Waals surface area contributed by atoms with Crippen LogP contribution in [0.5, 0.6) is 11.5 Å². The molecule has 0 aliphatic rings. The summed E-state index contributed by atoms with van der Waals surface area (Å²) in [7, 11) is -2.48. The number of aryl methyl sites for hydroxylation is 1. The summed E-state index contributed by atoms with van der Waals surface area (Å²) in [4.78, 5) is 12.9. The molecule has 0 aliphatic carbocycles. The van der Waals surface area contributed by atoms with Crippen molar-refractivity contribution in [2.45, 2.75) is 24.8 Å². The molecule has 0 saturated carbocycles. The first kappa shape index (κ1) is 15.8. The molecule has 1 aromatic carbocycles. The summed E-state index contributed by atoms with van der Waals surface area (Å²) in [6.45, 7) is 3.76. The molecular formula is C17H18N3NaO3S. The Morgan fingerprint density at radius 3 is 2.84 bits per heavy atom. The molecule has 0 fully saturated rings. The molecule has 0 amide bonds. The van der Waals surface area contributed by atoms with Gasteiger partial charge in [-0.1, -0.05) is 6.07 Å². The average molecular weight is 370 g/mol. The smallest absolute Gasteiger partial charge is 0.497 e. The zero-order valence-electron chi connectivity index (χ0n) is 17.5. The van der Waals surface area contributed by atoms with Crippen molar-refractivity contribution in [3.8, 4) is 11.5 Å². The second-order valence-electron chi connectivity index (χ2n) is 5.29. The van der Waals surface area contributed by atoms with E-state index in [4.69, 9.17) is 13.6 Å². The monoisotopic (exact) mass is 370 g/mol. The Bertz CT molecular complexity index is 1020. The number of pyridine rings is 1. The molecule has 126 valence electrons. The van der Waals surface area contributed by atoms with E-state index >= 15 is 0 Å². The SMILES string of the molecule is [2H]C([2H])([2H])Oc1ccc2nc([S@](=O)Cc3ncc(C)c(OC)c3C)[n-]c2c1.[Na+]. The first-order valence-electron chi connectivity index (χ1n) is 8.69. The largest absolute Gasteiger partial charge is 1.00 e. The molecular weight excluding hydrogens is 349 g/mol. The van der Waals surface area contributed by atoms with Gasteiger partial charge in [0.25, 0.3) is 0 Å². The Hall–Kier alpha value is -1.41. The van der Waals surface area contributed by atoms with E-state index in [2.05, 4.69) is 15.0 Å². The van der Waals surface area contributed by atoms with Crippen LogP contribution in [0.2, 0.25) is 0 Å². The maximum atomic E-state index is 12.7. The van der Waals surface area contributed by atoms with Crippen molar-refractivity contribution in [3.63, 3.8) is 0 Å². The van der Waals surface area contributed by atoms with Crippen LogP contribution >= 0.6 is 0 Å². The molecule has 0 radical (unpaired) electrons. The predicted molar refractivity (Wildman–Crippen MR) is 92.0 cm³/mol. The number of imidazole rings is 1. The number of hydrogen-bond acceptors (Lipinski definition) is 5. The fraction of sp³-hybridized carbons (Fsp3) is 0.294. The number of hydrogen-bond donors (Lipinski definition) is 0. The van der Waals surface area contributed by atoms with Crippen LogP contribution in [0.3, 0.4) is 0 Å². The molecule has 8 heteroatoms. The van der Waals surface area contributed by atoms with Crippen molar-refractivity contribution in [2.75, 3.05) is 14.1 Å². The van der Waals surface area contributed by atoms with Crippen molar-refractivity contribution >= 4 is 21.8 Å². The topological polar surface area (TPSA) is 75.4 Å². The zero-order valence-corrected chi connectivity index (χ0v) is 17.3. The Morgan fingerprint density at radius 2 is 2.12 bits per heavy atom. The number of ether oxygens (including phenoxy) is 2. The van der Waals surface area contributed by atoms with Crippen LogP contribution in [-0.2, 0) is 16.6 Å². The summed E-state index contributed by atoms with van der Waals surface area (Å²) in [5.74, 6) is 1.02. The number of aromatic nitrogens is 3. The number of benzene rings is 1. The average Bonchev–Trinajstić information content (AvgIpc) is 3.00. The van der Waals surface area contributed by atoms with E-state index in [-0.39, 0.29) is 46.2 Å². The molecule has 3 aromatic rings. The maximum absolute atomic E-state index is 12.7. The molecule has 0 aliphatic heterocycles. The van der Waals surface area contributed by atoms with Crippen LogP contribution in [-0.4, -0.2) is 28.3 Å². The summed E-state index contributed by atoms with van der Waals surface area (Å²) in [6, 6.07) is 4.54. The summed E-state index contributed by atoms with van der Waals surface area (Å²) in [6.07, 6.45) is 1.68. The van der Waals surface area contributed by atoms with Gasteiger partial charge in [-0.25, -0.2) is 0 Å². The Morgan fingerprint density at radius 1 is 1.32 bits per heavy atom. The third kappa shape index (κ3) is 4.06. The molecule has 2 heterocycles. The number of nitrogens with zero attached hydrogens (tertiary/aromatic N) is 3. The van der Waals surface area contributed by atoms with E-state index in [1.54, 1.807) is 19.4 Å². The van der Waals surface area contributed by atoms with Crippen LogP contribution in [0.15, 0.2) is 29.6 Å². The van der Waals surface area contributed by atoms with Gasteiger partial charge in [-0.05, 0) is 37.0 Å². The van der Waals surface area contributed by atoms with Gasteiger partial charge in [-0.3, -0.25) is 9.19 Å². The third-order valence-electron chi connectivity index (χ3n) is 3.72. The predicted octanol–water partition coefficient (Wildman–Crippen LogP) is -0.467. The maximum Gasteiger partial charge on any atom is 1.00 e. The van der Waals surface area contributed by atoms with E-state index in [1.165, 1.54) is 12.1 Å². The third-order valence-corrected chi connectivity index (χ3v) is 4.84. The Labute approximate surface area is 175 Å². The Balaban J connectivity index is 0.00000280. The molecule has 0 N–H and O–H groups in total. The molecule has 25 heavy (non-hydrogen) atoms. The summed E-state index contributed by atoms with van der Waals surface area (Å²) >= 11 is 0. The number of fused-ring (bicyclic) bond motifs is 1. The molecule has 0 bridgehead atoms. The van der Waals surface area contributed by atoms with Gasteiger partial charge in [0.05, 0.1) is 40.5 Å². The first-order valence-corrected chi connectivity index (χ1v) is 8.51. The molecule has 3 rings (SSSR count). The minimum atomic E-state index is -2.55. The van der Waals surface area contributed by atoms with Crippen LogP contribution in [0.1, 0.15) is 20.9 Å². The summed E-state index contributed by atoms with van der Waals surface area (Å²) in [5, 5.41) is 0.164. The van der Waals surface area contributed by atoms with Crippen LogP contribution in [0, 0.1) is 13.8 Å². The summed E-state index contributed by atoms with van der Waals surface area (Å²) in [5.41, 5.74) is 3.32. The molecule has 2 aromatic heterocycles. The van der Waals surface area contributed by atoms with E-state index in [0.717, 1.165) is 16.9 Å². The van der Waals surface area contributed by atoms with Gasteiger partial charge < -0.3 is 19.4 Å².